The summed E-state index contributed by atoms with van der Waals surface area (Å²) in [5.41, 5.74) is 2.34. The second kappa shape index (κ2) is 3.72. The third kappa shape index (κ3) is 2.19. The lowest BCUT2D eigenvalue weighted by Crippen LogP contribution is -1.92. The fourth-order valence-electron chi connectivity index (χ4n) is 0.882. The van der Waals surface area contributed by atoms with E-state index in [1.54, 1.807) is 0 Å². The number of rotatable bonds is 2. The van der Waals surface area contributed by atoms with Crippen molar-refractivity contribution in [3.8, 4) is 0 Å². The van der Waals surface area contributed by atoms with Gasteiger partial charge in [-0.1, -0.05) is 52.8 Å². The molecule has 1 atom stereocenters. The molecule has 0 heterocycles. The Labute approximate surface area is 76.1 Å². The van der Waals surface area contributed by atoms with Gasteiger partial charge in [-0.2, -0.15) is 0 Å². The van der Waals surface area contributed by atoms with Crippen LogP contribution in [0.5, 0.6) is 0 Å². The molecule has 1 aromatic carbocycles. The zero-order valence-corrected chi connectivity index (χ0v) is 8.14. The second-order valence-corrected chi connectivity index (χ2v) is 3.88. The van der Waals surface area contributed by atoms with Gasteiger partial charge in [0.25, 0.3) is 0 Å². The maximum Gasteiger partial charge on any atom is 0.0367 e. The summed E-state index contributed by atoms with van der Waals surface area (Å²) in [4.78, 5) is 0.352. The van der Waals surface area contributed by atoms with Crippen LogP contribution in [0.3, 0.4) is 0 Å². The van der Waals surface area contributed by atoms with Crippen LogP contribution in [0, 0.1) is 0 Å². The van der Waals surface area contributed by atoms with Crippen molar-refractivity contribution in [3.05, 3.63) is 42.5 Å². The zero-order chi connectivity index (χ0) is 8.27. The topological polar surface area (TPSA) is 0 Å². The van der Waals surface area contributed by atoms with E-state index in [2.05, 4.69) is 41.6 Å². The highest BCUT2D eigenvalue weighted by atomic mass is 79.9. The van der Waals surface area contributed by atoms with Gasteiger partial charge in [-0.3, -0.25) is 0 Å². The van der Waals surface area contributed by atoms with Crippen molar-refractivity contribution in [2.75, 3.05) is 0 Å². The van der Waals surface area contributed by atoms with Crippen LogP contribution in [0.15, 0.2) is 36.9 Å². The summed E-state index contributed by atoms with van der Waals surface area (Å²) in [5.74, 6) is 0. The smallest absolute Gasteiger partial charge is 0.0367 e. The molecule has 0 aliphatic carbocycles. The molecule has 1 rings (SSSR count). The van der Waals surface area contributed by atoms with Gasteiger partial charge in [-0.05, 0) is 18.1 Å². The second-order valence-electron chi connectivity index (χ2n) is 2.51. The standard InChI is InChI=1S/C10H11Br/c1-8(9(2)11)10-6-4-3-5-7-10/h3-7,9H,1H2,2H3. The Kier molecular flexibility index (Phi) is 2.89. The Hall–Kier alpha value is -0.560. The van der Waals surface area contributed by atoms with Gasteiger partial charge in [0.2, 0.25) is 0 Å². The van der Waals surface area contributed by atoms with E-state index in [4.69, 9.17) is 0 Å². The lowest BCUT2D eigenvalue weighted by molar-refractivity contribution is 1.29. The van der Waals surface area contributed by atoms with Gasteiger partial charge in [0.15, 0.2) is 0 Å². The van der Waals surface area contributed by atoms with Crippen LogP contribution in [0.1, 0.15) is 12.5 Å². The fraction of sp³-hybridized carbons (Fsp3) is 0.200. The lowest BCUT2D eigenvalue weighted by Gasteiger charge is -2.06. The van der Waals surface area contributed by atoms with Crippen LogP contribution < -0.4 is 0 Å². The Morgan fingerprint density at radius 2 is 1.91 bits per heavy atom. The number of alkyl halides is 1. The quantitative estimate of drug-likeness (QED) is 0.657. The first-order valence-electron chi connectivity index (χ1n) is 3.60. The highest BCUT2D eigenvalue weighted by molar-refractivity contribution is 9.09. The average molecular weight is 211 g/mol. The number of allylic oxidation sites excluding steroid dienone is 1. The van der Waals surface area contributed by atoms with Gasteiger partial charge < -0.3 is 0 Å². The van der Waals surface area contributed by atoms with Gasteiger partial charge >= 0.3 is 0 Å². The SMILES string of the molecule is C=C(c1ccccc1)C(C)Br. The molecule has 1 aromatic rings. The van der Waals surface area contributed by atoms with Crippen molar-refractivity contribution in [2.45, 2.75) is 11.8 Å². The third-order valence-electron chi connectivity index (χ3n) is 1.62. The van der Waals surface area contributed by atoms with E-state index in [0.717, 1.165) is 5.57 Å². The zero-order valence-electron chi connectivity index (χ0n) is 6.55. The number of halogens is 1. The number of hydrogen-bond acceptors (Lipinski definition) is 0. The van der Waals surface area contributed by atoms with E-state index < -0.39 is 0 Å². The minimum atomic E-state index is 0.352. The molecule has 0 bridgehead atoms. The summed E-state index contributed by atoms with van der Waals surface area (Å²) in [6.45, 7) is 6.06. The summed E-state index contributed by atoms with van der Waals surface area (Å²) in [6, 6.07) is 10.2. The molecule has 0 aliphatic heterocycles. The van der Waals surface area contributed by atoms with Crippen LogP contribution in [0.4, 0.5) is 0 Å². The van der Waals surface area contributed by atoms with Gasteiger partial charge in [0, 0.05) is 4.83 Å². The fourth-order valence-corrected chi connectivity index (χ4v) is 1.15. The Morgan fingerprint density at radius 3 is 2.36 bits per heavy atom. The van der Waals surface area contributed by atoms with Gasteiger partial charge in [-0.15, -0.1) is 0 Å². The maximum absolute atomic E-state index is 3.98. The predicted octanol–water partition coefficient (Wildman–Crippen LogP) is 3.48. The molecule has 0 aliphatic rings. The van der Waals surface area contributed by atoms with E-state index in [1.807, 2.05) is 18.2 Å². The third-order valence-corrected chi connectivity index (χ3v) is 2.18. The molecule has 0 spiro atoms. The maximum atomic E-state index is 3.98. The van der Waals surface area contributed by atoms with Crippen LogP contribution in [0.2, 0.25) is 0 Å². The monoisotopic (exact) mass is 210 g/mol. The summed E-state index contributed by atoms with van der Waals surface area (Å²) in [5, 5.41) is 0. The molecule has 1 heteroatoms. The summed E-state index contributed by atoms with van der Waals surface area (Å²) in [6.07, 6.45) is 0. The van der Waals surface area contributed by atoms with Crippen molar-refractivity contribution in [2.24, 2.45) is 0 Å². The van der Waals surface area contributed by atoms with E-state index in [9.17, 15) is 0 Å². The molecule has 0 saturated carbocycles. The van der Waals surface area contributed by atoms with Crippen molar-refractivity contribution in [1.82, 2.24) is 0 Å². The molecule has 0 aromatic heterocycles. The first-order valence-corrected chi connectivity index (χ1v) is 4.51. The minimum absolute atomic E-state index is 0.352. The molecule has 0 radical (unpaired) electrons. The van der Waals surface area contributed by atoms with Crippen molar-refractivity contribution < 1.29 is 0 Å². The highest BCUT2D eigenvalue weighted by Gasteiger charge is 2.02. The average Bonchev–Trinajstić information content (AvgIpc) is 2.05. The first-order chi connectivity index (χ1) is 5.22. The lowest BCUT2D eigenvalue weighted by atomic mass is 10.1. The molecule has 58 valence electrons. The largest absolute Gasteiger partial charge is 0.0941 e. The Balaban J connectivity index is 2.86. The molecule has 0 fully saturated rings. The molecular weight excluding hydrogens is 200 g/mol. The number of benzene rings is 1. The van der Waals surface area contributed by atoms with Crippen LogP contribution >= 0.6 is 15.9 Å². The van der Waals surface area contributed by atoms with Crippen LogP contribution in [-0.4, -0.2) is 4.83 Å². The van der Waals surface area contributed by atoms with E-state index in [1.165, 1.54) is 5.56 Å². The van der Waals surface area contributed by atoms with Gasteiger partial charge in [0.1, 0.15) is 0 Å². The van der Waals surface area contributed by atoms with Gasteiger partial charge in [0.05, 0.1) is 0 Å². The summed E-state index contributed by atoms with van der Waals surface area (Å²) >= 11 is 3.48. The molecule has 0 saturated heterocycles. The molecule has 1 unspecified atom stereocenters. The molecule has 0 amide bonds. The van der Waals surface area contributed by atoms with Crippen LogP contribution in [-0.2, 0) is 0 Å². The van der Waals surface area contributed by atoms with E-state index in [0.29, 0.717) is 4.83 Å². The van der Waals surface area contributed by atoms with Crippen molar-refractivity contribution in [3.63, 3.8) is 0 Å². The van der Waals surface area contributed by atoms with Crippen molar-refractivity contribution >= 4 is 21.5 Å². The summed E-state index contributed by atoms with van der Waals surface area (Å²) in [7, 11) is 0. The van der Waals surface area contributed by atoms with Crippen LogP contribution in [0.25, 0.3) is 5.57 Å². The minimum Gasteiger partial charge on any atom is -0.0941 e. The predicted molar refractivity (Wildman–Crippen MR) is 53.9 cm³/mol. The Bertz CT molecular complexity index is 236. The number of hydrogen-bond donors (Lipinski definition) is 0. The molecule has 11 heavy (non-hydrogen) atoms. The molecule has 0 N–H and O–H groups in total. The Morgan fingerprint density at radius 1 is 1.36 bits per heavy atom. The van der Waals surface area contributed by atoms with Crippen molar-refractivity contribution in [1.29, 1.82) is 0 Å². The van der Waals surface area contributed by atoms with E-state index >= 15 is 0 Å². The molecule has 0 nitrogen and oxygen atoms in total. The summed E-state index contributed by atoms with van der Waals surface area (Å²) < 4.78 is 0. The highest BCUT2D eigenvalue weighted by Crippen LogP contribution is 2.20. The first kappa shape index (κ1) is 8.54. The van der Waals surface area contributed by atoms with E-state index in [-0.39, 0.29) is 0 Å². The molecular formula is C10H11Br. The van der Waals surface area contributed by atoms with Gasteiger partial charge in [-0.25, -0.2) is 0 Å². The normalized spacial score (nSPS) is 12.5.